The summed E-state index contributed by atoms with van der Waals surface area (Å²) in [7, 11) is 1.83. The van der Waals surface area contributed by atoms with Crippen LogP contribution in [0.5, 0.6) is 0 Å². The van der Waals surface area contributed by atoms with Crippen LogP contribution in [-0.4, -0.2) is 20.7 Å². The Hall–Kier alpha value is -3.15. The molecule has 126 valence electrons. The van der Waals surface area contributed by atoms with Gasteiger partial charge in [-0.25, -0.2) is 0 Å². The number of furan rings is 1. The molecule has 3 aromatic rings. The monoisotopic (exact) mass is 334 g/mol. The van der Waals surface area contributed by atoms with Gasteiger partial charge < -0.3 is 9.73 Å². The van der Waals surface area contributed by atoms with E-state index in [2.05, 4.69) is 15.4 Å². The van der Waals surface area contributed by atoms with Crippen LogP contribution in [-0.2, 0) is 11.8 Å². The highest BCUT2D eigenvalue weighted by Gasteiger charge is 2.33. The van der Waals surface area contributed by atoms with E-state index in [1.807, 2.05) is 50.4 Å². The van der Waals surface area contributed by atoms with Gasteiger partial charge in [-0.05, 0) is 37.3 Å². The second-order valence-corrected chi connectivity index (χ2v) is 6.16. The number of hydrogen-bond acceptors (Lipinski definition) is 4. The Bertz CT molecular complexity index is 939. The minimum Gasteiger partial charge on any atom is -0.465 e. The Morgan fingerprint density at radius 3 is 2.96 bits per heavy atom. The molecule has 6 nitrogen and oxygen atoms in total. The zero-order valence-corrected chi connectivity index (χ0v) is 14.1. The van der Waals surface area contributed by atoms with Gasteiger partial charge in [-0.3, -0.25) is 14.5 Å². The van der Waals surface area contributed by atoms with Crippen molar-refractivity contribution in [2.24, 2.45) is 7.05 Å². The Balaban J connectivity index is 1.86. The Morgan fingerprint density at radius 2 is 2.24 bits per heavy atom. The smallest absolute Gasteiger partial charge is 0.226 e. The molecule has 0 aliphatic carbocycles. The van der Waals surface area contributed by atoms with E-state index in [0.29, 0.717) is 6.42 Å². The van der Waals surface area contributed by atoms with E-state index in [4.69, 9.17) is 4.42 Å². The number of hydrogen-bond donors (Lipinski definition) is 1. The highest BCUT2D eigenvalue weighted by atomic mass is 16.3. The van der Waals surface area contributed by atoms with Crippen molar-refractivity contribution in [3.05, 3.63) is 59.7 Å². The molecule has 0 spiro atoms. The molecule has 1 atom stereocenters. The number of amides is 1. The second-order valence-electron chi connectivity index (χ2n) is 6.16. The lowest BCUT2D eigenvalue weighted by molar-refractivity contribution is -0.116. The number of allylic oxidation sites excluding steroid dienone is 1. The molecule has 6 heteroatoms. The molecular weight excluding hydrogens is 316 g/mol. The lowest BCUT2D eigenvalue weighted by Gasteiger charge is -2.24. The predicted octanol–water partition coefficient (Wildman–Crippen LogP) is 3.60. The van der Waals surface area contributed by atoms with E-state index in [1.165, 1.54) is 0 Å². The summed E-state index contributed by atoms with van der Waals surface area (Å²) in [4.78, 5) is 16.7. The Kier molecular flexibility index (Phi) is 3.72. The molecule has 0 fully saturated rings. The summed E-state index contributed by atoms with van der Waals surface area (Å²) >= 11 is 0. The van der Waals surface area contributed by atoms with Gasteiger partial charge in [-0.1, -0.05) is 11.6 Å². The highest BCUT2D eigenvalue weighted by molar-refractivity contribution is 5.96. The molecule has 0 radical (unpaired) electrons. The van der Waals surface area contributed by atoms with Crippen LogP contribution in [0.25, 0.3) is 17.5 Å². The Morgan fingerprint density at radius 1 is 1.36 bits per heavy atom. The van der Waals surface area contributed by atoms with Crippen LogP contribution < -0.4 is 5.32 Å². The van der Waals surface area contributed by atoms with Crippen LogP contribution in [0.3, 0.4) is 0 Å². The van der Waals surface area contributed by atoms with Gasteiger partial charge >= 0.3 is 0 Å². The fourth-order valence-corrected chi connectivity index (χ4v) is 3.27. The fourth-order valence-electron chi connectivity index (χ4n) is 3.27. The number of pyridine rings is 1. The standard InChI is InChI=1S/C19H18N4O2/c1-12(10-13-6-5-9-25-13)14-11-16(24)21-19-17(14)18(22-23(19)2)15-7-3-4-8-20-15/h3-10,14H,11H2,1-2H3,(H,21,24). The van der Waals surface area contributed by atoms with Crippen LogP contribution in [0.15, 0.2) is 52.8 Å². The summed E-state index contributed by atoms with van der Waals surface area (Å²) in [5, 5.41) is 7.56. The fraction of sp³-hybridized carbons (Fsp3) is 0.211. The summed E-state index contributed by atoms with van der Waals surface area (Å²) < 4.78 is 7.13. The molecule has 1 N–H and O–H groups in total. The van der Waals surface area contributed by atoms with E-state index in [1.54, 1.807) is 17.1 Å². The largest absolute Gasteiger partial charge is 0.465 e. The topological polar surface area (TPSA) is 73.0 Å². The number of fused-ring (bicyclic) bond motifs is 1. The third-order valence-corrected chi connectivity index (χ3v) is 4.45. The third kappa shape index (κ3) is 2.76. The summed E-state index contributed by atoms with van der Waals surface area (Å²) in [5.41, 5.74) is 3.65. The number of aromatic nitrogens is 3. The number of aryl methyl sites for hydroxylation is 1. The van der Waals surface area contributed by atoms with Crippen LogP contribution >= 0.6 is 0 Å². The van der Waals surface area contributed by atoms with E-state index >= 15 is 0 Å². The van der Waals surface area contributed by atoms with Gasteiger partial charge in [-0.2, -0.15) is 5.10 Å². The van der Waals surface area contributed by atoms with Crippen molar-refractivity contribution in [1.82, 2.24) is 14.8 Å². The van der Waals surface area contributed by atoms with E-state index < -0.39 is 0 Å². The van der Waals surface area contributed by atoms with Crippen LogP contribution in [0, 0.1) is 0 Å². The zero-order valence-electron chi connectivity index (χ0n) is 14.1. The van der Waals surface area contributed by atoms with Crippen molar-refractivity contribution < 1.29 is 9.21 Å². The predicted molar refractivity (Wildman–Crippen MR) is 94.8 cm³/mol. The summed E-state index contributed by atoms with van der Waals surface area (Å²) in [6.07, 6.45) is 5.74. The van der Waals surface area contributed by atoms with Crippen molar-refractivity contribution in [1.29, 1.82) is 0 Å². The molecule has 0 saturated heterocycles. The van der Waals surface area contributed by atoms with Crippen LogP contribution in [0.1, 0.15) is 30.6 Å². The number of rotatable bonds is 3. The van der Waals surface area contributed by atoms with Gasteiger partial charge in [0, 0.05) is 31.1 Å². The normalized spacial score (nSPS) is 17.3. The molecule has 0 saturated carbocycles. The van der Waals surface area contributed by atoms with Gasteiger partial charge in [0.05, 0.1) is 12.0 Å². The minimum atomic E-state index is -0.0699. The molecule has 1 aliphatic rings. The summed E-state index contributed by atoms with van der Waals surface area (Å²) in [6, 6.07) is 9.49. The number of nitrogens with one attached hydrogen (secondary N) is 1. The summed E-state index contributed by atoms with van der Waals surface area (Å²) in [5.74, 6) is 1.42. The van der Waals surface area contributed by atoms with Gasteiger partial charge in [0.15, 0.2) is 0 Å². The SMILES string of the molecule is CC(=Cc1ccco1)C1CC(=O)Nc2c1c(-c1ccccn1)nn2C. The zero-order chi connectivity index (χ0) is 17.4. The first-order valence-electron chi connectivity index (χ1n) is 8.13. The molecule has 1 unspecified atom stereocenters. The average Bonchev–Trinajstić information content (AvgIpc) is 3.23. The van der Waals surface area contributed by atoms with Crippen molar-refractivity contribution in [2.45, 2.75) is 19.3 Å². The second kappa shape index (κ2) is 6.05. The highest BCUT2D eigenvalue weighted by Crippen LogP contribution is 2.42. The van der Waals surface area contributed by atoms with E-state index in [-0.39, 0.29) is 11.8 Å². The maximum atomic E-state index is 12.2. The molecule has 0 bridgehead atoms. The van der Waals surface area contributed by atoms with Crippen molar-refractivity contribution in [3.63, 3.8) is 0 Å². The van der Waals surface area contributed by atoms with Crippen LogP contribution in [0.4, 0.5) is 5.82 Å². The first kappa shape index (κ1) is 15.4. The average molecular weight is 334 g/mol. The minimum absolute atomic E-state index is 0.0136. The number of anilines is 1. The van der Waals surface area contributed by atoms with E-state index in [0.717, 1.165) is 34.1 Å². The molecule has 1 aliphatic heterocycles. The third-order valence-electron chi connectivity index (χ3n) is 4.45. The molecule has 1 amide bonds. The first-order valence-corrected chi connectivity index (χ1v) is 8.13. The van der Waals surface area contributed by atoms with Gasteiger partial charge in [0.2, 0.25) is 5.91 Å². The number of carbonyl (C=O) groups is 1. The maximum absolute atomic E-state index is 12.2. The van der Waals surface area contributed by atoms with Crippen molar-refractivity contribution in [2.75, 3.05) is 5.32 Å². The number of carbonyl (C=O) groups excluding carboxylic acids is 1. The van der Waals surface area contributed by atoms with Gasteiger partial charge in [0.1, 0.15) is 17.3 Å². The maximum Gasteiger partial charge on any atom is 0.226 e. The summed E-state index contributed by atoms with van der Waals surface area (Å²) in [6.45, 7) is 2.02. The van der Waals surface area contributed by atoms with Crippen molar-refractivity contribution >= 4 is 17.8 Å². The lowest BCUT2D eigenvalue weighted by Crippen LogP contribution is -2.24. The molecule has 4 rings (SSSR count). The Labute approximate surface area is 145 Å². The van der Waals surface area contributed by atoms with Gasteiger partial charge in [-0.15, -0.1) is 0 Å². The van der Waals surface area contributed by atoms with Crippen LogP contribution in [0.2, 0.25) is 0 Å². The molecular formula is C19H18N4O2. The molecule has 4 heterocycles. The lowest BCUT2D eigenvalue weighted by atomic mass is 9.85. The number of nitrogens with zero attached hydrogens (tertiary/aromatic N) is 3. The quantitative estimate of drug-likeness (QED) is 0.794. The molecule has 0 aromatic carbocycles. The first-order chi connectivity index (χ1) is 12.1. The van der Waals surface area contributed by atoms with Gasteiger partial charge in [0.25, 0.3) is 0 Å². The van der Waals surface area contributed by atoms with Crippen molar-refractivity contribution in [3.8, 4) is 11.4 Å². The molecule has 25 heavy (non-hydrogen) atoms. The van der Waals surface area contributed by atoms with E-state index in [9.17, 15) is 4.79 Å². The molecule has 3 aromatic heterocycles.